The lowest BCUT2D eigenvalue weighted by Crippen LogP contribution is -2.51. The molecule has 3 rings (SSSR count). The maximum Gasteiger partial charge on any atom is 0.259 e. The first-order valence-electron chi connectivity index (χ1n) is 5.19. The molecule has 1 N–H and O–H groups in total. The molecule has 0 spiro atoms. The molecule has 2 saturated heterocycles. The van der Waals surface area contributed by atoms with Gasteiger partial charge in [-0.15, -0.1) is 0 Å². The molecule has 2 atom stereocenters. The van der Waals surface area contributed by atoms with Crippen LogP contribution in [0.15, 0.2) is 10.8 Å². The van der Waals surface area contributed by atoms with Gasteiger partial charge >= 0.3 is 0 Å². The lowest BCUT2D eigenvalue weighted by molar-refractivity contribution is 0.0788. The Hall–Kier alpha value is -1.36. The maximum atomic E-state index is 12.0. The third-order valence-electron chi connectivity index (χ3n) is 3.35. The van der Waals surface area contributed by atoms with Crippen molar-refractivity contribution in [3.8, 4) is 0 Å². The first kappa shape index (κ1) is 8.91. The summed E-state index contributed by atoms with van der Waals surface area (Å²) in [5.41, 5.74) is 1.27. The minimum absolute atomic E-state index is 0.0463. The number of hydrogen-bond donors (Lipinski definition) is 1. The van der Waals surface area contributed by atoms with Crippen LogP contribution in [-0.4, -0.2) is 41.6 Å². The van der Waals surface area contributed by atoms with Gasteiger partial charge < -0.3 is 14.7 Å². The van der Waals surface area contributed by atoms with Gasteiger partial charge in [0.2, 0.25) is 0 Å². The Bertz CT molecular complexity index is 389. The average Bonchev–Trinajstić information content (AvgIpc) is 2.72. The van der Waals surface area contributed by atoms with Crippen LogP contribution in [0.3, 0.4) is 0 Å². The first-order valence-corrected chi connectivity index (χ1v) is 5.19. The second-order valence-corrected chi connectivity index (χ2v) is 4.30. The van der Waals surface area contributed by atoms with Crippen molar-refractivity contribution in [2.45, 2.75) is 13.0 Å². The van der Waals surface area contributed by atoms with Gasteiger partial charge in [0.25, 0.3) is 5.91 Å². The van der Waals surface area contributed by atoms with Crippen molar-refractivity contribution in [3.63, 3.8) is 0 Å². The zero-order chi connectivity index (χ0) is 10.4. The zero-order valence-corrected chi connectivity index (χ0v) is 8.56. The number of nitrogens with one attached hydrogen (secondary N) is 1. The van der Waals surface area contributed by atoms with Gasteiger partial charge in [-0.2, -0.15) is 0 Å². The van der Waals surface area contributed by atoms with Crippen molar-refractivity contribution in [2.24, 2.45) is 5.92 Å². The summed E-state index contributed by atoms with van der Waals surface area (Å²) < 4.78 is 4.78. The molecule has 2 fully saturated rings. The predicted octanol–water partition coefficient (Wildman–Crippen LogP) is 0.0268. The van der Waals surface area contributed by atoms with Crippen molar-refractivity contribution in [2.75, 3.05) is 19.6 Å². The minimum Gasteiger partial charge on any atom is -0.364 e. The van der Waals surface area contributed by atoms with Gasteiger partial charge in [-0.3, -0.25) is 4.79 Å². The molecule has 2 aliphatic heterocycles. The number of fused-ring (bicyclic) bond motifs is 1. The molecule has 15 heavy (non-hydrogen) atoms. The van der Waals surface area contributed by atoms with E-state index in [9.17, 15) is 4.79 Å². The van der Waals surface area contributed by atoms with Gasteiger partial charge in [0, 0.05) is 31.6 Å². The van der Waals surface area contributed by atoms with E-state index in [-0.39, 0.29) is 5.91 Å². The van der Waals surface area contributed by atoms with Crippen molar-refractivity contribution in [3.05, 3.63) is 17.5 Å². The van der Waals surface area contributed by atoms with E-state index in [0.717, 1.165) is 19.6 Å². The molecule has 5 nitrogen and oxygen atoms in total. The normalized spacial score (nSPS) is 28.7. The smallest absolute Gasteiger partial charge is 0.259 e. The van der Waals surface area contributed by atoms with Gasteiger partial charge in [0.15, 0.2) is 0 Å². The molecule has 3 heterocycles. The van der Waals surface area contributed by atoms with Crippen molar-refractivity contribution in [1.82, 2.24) is 15.4 Å². The maximum absolute atomic E-state index is 12.0. The monoisotopic (exact) mass is 207 g/mol. The van der Waals surface area contributed by atoms with Gasteiger partial charge in [-0.05, 0) is 6.92 Å². The van der Waals surface area contributed by atoms with Gasteiger partial charge in [-0.1, -0.05) is 5.16 Å². The van der Waals surface area contributed by atoms with Crippen LogP contribution >= 0.6 is 0 Å². The Balaban J connectivity index is 1.78. The van der Waals surface area contributed by atoms with E-state index >= 15 is 0 Å². The molecule has 1 aromatic heterocycles. The van der Waals surface area contributed by atoms with E-state index in [0.29, 0.717) is 23.2 Å². The second kappa shape index (κ2) is 3.06. The summed E-state index contributed by atoms with van der Waals surface area (Å²) >= 11 is 0. The molecule has 0 bridgehead atoms. The summed E-state index contributed by atoms with van der Waals surface area (Å²) in [5, 5.41) is 7.04. The van der Waals surface area contributed by atoms with Gasteiger partial charge in [0.1, 0.15) is 11.8 Å². The number of aryl methyl sites for hydroxylation is 1. The number of likely N-dealkylation sites (tertiary alicyclic amines) is 1. The fourth-order valence-electron chi connectivity index (χ4n) is 2.29. The minimum atomic E-state index is 0.0463. The highest BCUT2D eigenvalue weighted by Crippen LogP contribution is 2.25. The van der Waals surface area contributed by atoms with Crippen LogP contribution in [0.1, 0.15) is 16.1 Å². The largest absolute Gasteiger partial charge is 0.364 e. The highest BCUT2D eigenvalue weighted by molar-refractivity contribution is 5.95. The van der Waals surface area contributed by atoms with Crippen LogP contribution < -0.4 is 5.32 Å². The summed E-state index contributed by atoms with van der Waals surface area (Å²) in [7, 11) is 0. The number of carbonyl (C=O) groups is 1. The number of hydrogen-bond acceptors (Lipinski definition) is 4. The standard InChI is InChI=1S/C10H13N3O2/c1-6-8(5-15-12-6)10(14)13-3-7-2-11-9(7)4-13/h5,7,9,11H,2-4H2,1H3. The third-order valence-corrected chi connectivity index (χ3v) is 3.35. The van der Waals surface area contributed by atoms with Crippen LogP contribution in [0.2, 0.25) is 0 Å². The van der Waals surface area contributed by atoms with Crippen LogP contribution in [0.25, 0.3) is 0 Å². The Morgan fingerprint density at radius 2 is 2.53 bits per heavy atom. The Labute approximate surface area is 87.4 Å². The molecule has 1 amide bonds. The van der Waals surface area contributed by atoms with Crippen molar-refractivity contribution >= 4 is 5.91 Å². The SMILES string of the molecule is Cc1nocc1C(=O)N1CC2CNC2C1. The van der Waals surface area contributed by atoms with E-state index in [1.54, 1.807) is 6.92 Å². The summed E-state index contributed by atoms with van der Waals surface area (Å²) in [4.78, 5) is 13.9. The lowest BCUT2D eigenvalue weighted by atomic mass is 9.96. The highest BCUT2D eigenvalue weighted by atomic mass is 16.5. The molecule has 2 aliphatic rings. The molecule has 0 aromatic carbocycles. The number of rotatable bonds is 1. The third kappa shape index (κ3) is 1.26. The Morgan fingerprint density at radius 3 is 3.00 bits per heavy atom. The predicted molar refractivity (Wildman–Crippen MR) is 52.4 cm³/mol. The number of carbonyl (C=O) groups excluding carboxylic acids is 1. The van der Waals surface area contributed by atoms with E-state index in [2.05, 4.69) is 10.5 Å². The molecule has 1 aromatic rings. The summed E-state index contributed by atoms with van der Waals surface area (Å²) in [6.45, 7) is 4.51. The fourth-order valence-corrected chi connectivity index (χ4v) is 2.29. The molecule has 0 saturated carbocycles. The molecule has 0 aliphatic carbocycles. The summed E-state index contributed by atoms with van der Waals surface area (Å²) in [5.74, 6) is 0.694. The second-order valence-electron chi connectivity index (χ2n) is 4.30. The van der Waals surface area contributed by atoms with Gasteiger partial charge in [-0.25, -0.2) is 0 Å². The number of amides is 1. The first-order chi connectivity index (χ1) is 7.25. The topological polar surface area (TPSA) is 58.4 Å². The molecular weight excluding hydrogens is 194 g/mol. The van der Waals surface area contributed by atoms with Crippen LogP contribution in [0, 0.1) is 12.8 Å². The summed E-state index contributed by atoms with van der Waals surface area (Å²) in [6.07, 6.45) is 1.44. The van der Waals surface area contributed by atoms with E-state index in [4.69, 9.17) is 4.52 Å². The Morgan fingerprint density at radius 1 is 1.67 bits per heavy atom. The molecule has 80 valence electrons. The number of nitrogens with zero attached hydrogens (tertiary/aromatic N) is 2. The Kier molecular flexibility index (Phi) is 1.82. The number of aromatic nitrogens is 1. The van der Waals surface area contributed by atoms with Crippen molar-refractivity contribution in [1.29, 1.82) is 0 Å². The molecule has 5 heteroatoms. The van der Waals surface area contributed by atoms with Crippen LogP contribution in [0.4, 0.5) is 0 Å². The molecule has 0 radical (unpaired) electrons. The lowest BCUT2D eigenvalue weighted by Gasteiger charge is -2.29. The zero-order valence-electron chi connectivity index (χ0n) is 8.56. The van der Waals surface area contributed by atoms with Crippen LogP contribution in [0.5, 0.6) is 0 Å². The quantitative estimate of drug-likeness (QED) is 0.705. The highest BCUT2D eigenvalue weighted by Gasteiger charge is 2.41. The molecule has 2 unspecified atom stereocenters. The van der Waals surface area contributed by atoms with Crippen LogP contribution in [-0.2, 0) is 0 Å². The van der Waals surface area contributed by atoms with E-state index in [1.165, 1.54) is 6.26 Å². The van der Waals surface area contributed by atoms with E-state index < -0.39 is 0 Å². The van der Waals surface area contributed by atoms with Crippen molar-refractivity contribution < 1.29 is 9.32 Å². The fraction of sp³-hybridized carbons (Fsp3) is 0.600. The van der Waals surface area contributed by atoms with Gasteiger partial charge in [0.05, 0.1) is 5.69 Å². The molecular formula is C10H13N3O2. The average molecular weight is 207 g/mol. The van der Waals surface area contributed by atoms with E-state index in [1.807, 2.05) is 4.90 Å². The summed E-state index contributed by atoms with van der Waals surface area (Å²) in [6, 6.07) is 0.508.